The van der Waals surface area contributed by atoms with E-state index in [1.165, 1.54) is 30.0 Å². The summed E-state index contributed by atoms with van der Waals surface area (Å²) >= 11 is 7.29. The van der Waals surface area contributed by atoms with Gasteiger partial charge in [-0.3, -0.25) is 4.79 Å². The molecule has 32 heavy (non-hydrogen) atoms. The minimum Gasteiger partial charge on any atom is -0.870 e. The van der Waals surface area contributed by atoms with Gasteiger partial charge in [0.1, 0.15) is 17.2 Å². The zero-order valence-electron chi connectivity index (χ0n) is 16.9. The number of aromatic amines is 1. The minimum absolute atomic E-state index is 0.0676. The van der Waals surface area contributed by atoms with Crippen LogP contribution in [0.15, 0.2) is 71.9 Å². The van der Waals surface area contributed by atoms with Crippen molar-refractivity contribution < 1.29 is 24.3 Å². The van der Waals surface area contributed by atoms with E-state index in [0.717, 1.165) is 22.8 Å². The van der Waals surface area contributed by atoms with Gasteiger partial charge in [-0.2, -0.15) is 4.57 Å². The zero-order valence-corrected chi connectivity index (χ0v) is 18.5. The van der Waals surface area contributed by atoms with E-state index in [2.05, 4.69) is 10.2 Å². The second-order valence-corrected chi connectivity index (χ2v) is 8.17. The second-order valence-electron chi connectivity index (χ2n) is 6.79. The lowest BCUT2D eigenvalue weighted by Crippen LogP contribution is -2.34. The Labute approximate surface area is 193 Å². The van der Waals surface area contributed by atoms with Crippen LogP contribution in [0.25, 0.3) is 17.1 Å². The van der Waals surface area contributed by atoms with Crippen LogP contribution in [0.5, 0.6) is 17.2 Å². The summed E-state index contributed by atoms with van der Waals surface area (Å²) in [6, 6.07) is 18.6. The van der Waals surface area contributed by atoms with Gasteiger partial charge in [0.05, 0.1) is 23.5 Å². The van der Waals surface area contributed by atoms with Gasteiger partial charge in [-0.1, -0.05) is 29.5 Å². The number of Topliss-reactive ketones (excluding diaryl/α,β-unsaturated/α-hetero) is 1. The van der Waals surface area contributed by atoms with E-state index in [-0.39, 0.29) is 17.1 Å². The number of carbonyl (C=O) groups excluding carboxylic acids is 1. The first-order chi connectivity index (χ1) is 15.5. The number of phenolic OH excluding ortho intramolecular Hbond substituents is 1. The topological polar surface area (TPSA) is 102 Å². The number of carbonyl (C=O) groups is 1. The molecule has 4 rings (SSSR count). The van der Waals surface area contributed by atoms with Crippen molar-refractivity contribution in [2.75, 3.05) is 12.9 Å². The number of phenols is 1. The van der Waals surface area contributed by atoms with E-state index in [9.17, 15) is 15.0 Å². The van der Waals surface area contributed by atoms with Gasteiger partial charge in [0, 0.05) is 10.6 Å². The molecule has 2 N–H and O–H groups in total. The molecule has 0 fully saturated rings. The predicted octanol–water partition coefficient (Wildman–Crippen LogP) is 3.77. The molecule has 162 valence electrons. The first-order valence-electron chi connectivity index (χ1n) is 9.53. The normalized spacial score (nSPS) is 10.8. The Kier molecular flexibility index (Phi) is 6.34. The molecule has 0 bridgehead atoms. The maximum absolute atomic E-state index is 12.6. The molecule has 9 heteroatoms. The molecule has 4 aromatic rings. The first-order valence-corrected chi connectivity index (χ1v) is 10.9. The van der Waals surface area contributed by atoms with Crippen molar-refractivity contribution in [2.24, 2.45) is 0 Å². The number of hydrogen-bond acceptors (Lipinski definition) is 6. The van der Waals surface area contributed by atoms with Gasteiger partial charge in [0.15, 0.2) is 5.78 Å². The highest BCUT2D eigenvalue weighted by Crippen LogP contribution is 2.26. The fourth-order valence-corrected chi connectivity index (χ4v) is 4.06. The summed E-state index contributed by atoms with van der Waals surface area (Å²) in [4.78, 5) is 12.6. The third-order valence-electron chi connectivity index (χ3n) is 4.73. The molecular weight excluding hydrogens is 450 g/mol. The molecule has 0 saturated carbocycles. The quantitative estimate of drug-likeness (QED) is 0.244. The monoisotopic (exact) mass is 467 g/mol. The molecule has 0 aliphatic rings. The molecule has 3 aromatic carbocycles. The summed E-state index contributed by atoms with van der Waals surface area (Å²) < 4.78 is 7.13. The fourth-order valence-electron chi connectivity index (χ4n) is 3.07. The molecule has 0 radical (unpaired) electrons. The Bertz CT molecular complexity index is 1260. The summed E-state index contributed by atoms with van der Waals surface area (Å²) in [5, 5.41) is 29.6. The van der Waals surface area contributed by atoms with E-state index in [1.807, 2.05) is 41.0 Å². The number of ketones is 1. The maximum atomic E-state index is 12.6. The van der Waals surface area contributed by atoms with Crippen LogP contribution in [-0.4, -0.2) is 33.9 Å². The molecule has 7 nitrogen and oxygen atoms in total. The average molecular weight is 468 g/mol. The molecule has 1 heterocycles. The van der Waals surface area contributed by atoms with E-state index < -0.39 is 11.5 Å². The molecule has 0 atom stereocenters. The lowest BCUT2D eigenvalue weighted by molar-refractivity contribution is -0.625. The largest absolute Gasteiger partial charge is 0.870 e. The number of nitrogens with zero attached hydrogens (tertiary/aromatic N) is 2. The molecule has 0 spiro atoms. The molecule has 0 aliphatic carbocycles. The number of ether oxygens (including phenoxy) is 1. The summed E-state index contributed by atoms with van der Waals surface area (Å²) in [5.41, 5.74) is 1.96. The Morgan fingerprint density at radius 2 is 1.88 bits per heavy atom. The smallest absolute Gasteiger partial charge is 0.342 e. The van der Waals surface area contributed by atoms with Crippen molar-refractivity contribution in [3.63, 3.8) is 0 Å². The van der Waals surface area contributed by atoms with Crippen LogP contribution in [0.2, 0.25) is 5.02 Å². The lowest BCUT2D eigenvalue weighted by Gasteiger charge is -2.09. The maximum Gasteiger partial charge on any atom is 0.342 e. The number of nitrogens with one attached hydrogen (secondary N) is 1. The Morgan fingerprint density at radius 1 is 1.16 bits per heavy atom. The number of hydrogen-bond donors (Lipinski definition) is 2. The summed E-state index contributed by atoms with van der Waals surface area (Å²) in [6.07, 6.45) is 0. The number of thioether (sulfide) groups is 1. The predicted molar refractivity (Wildman–Crippen MR) is 120 cm³/mol. The SMILES string of the molecule is COc1ccc(-c2[nH]nc(SCC(=O)c3ccc([O-])c(O)c3)[n+]2-c2ccc(Cl)cc2)cc1. The molecule has 0 saturated heterocycles. The number of halogens is 1. The van der Waals surface area contributed by atoms with Crippen molar-refractivity contribution >= 4 is 29.1 Å². The third kappa shape index (κ3) is 4.56. The van der Waals surface area contributed by atoms with Crippen LogP contribution in [-0.2, 0) is 0 Å². The van der Waals surface area contributed by atoms with Crippen LogP contribution in [0.4, 0.5) is 0 Å². The van der Waals surface area contributed by atoms with Gasteiger partial charge in [-0.05, 0) is 66.4 Å². The number of aromatic nitrogens is 3. The van der Waals surface area contributed by atoms with E-state index in [0.29, 0.717) is 10.2 Å². The average Bonchev–Trinajstić information content (AvgIpc) is 3.23. The van der Waals surface area contributed by atoms with E-state index in [4.69, 9.17) is 16.3 Å². The van der Waals surface area contributed by atoms with Gasteiger partial charge in [-0.15, -0.1) is 5.10 Å². The van der Waals surface area contributed by atoms with E-state index in [1.54, 1.807) is 19.2 Å². The Balaban J connectivity index is 1.66. The molecule has 0 aliphatic heterocycles. The van der Waals surface area contributed by atoms with Crippen LogP contribution >= 0.6 is 23.4 Å². The molecule has 1 aromatic heterocycles. The summed E-state index contributed by atoms with van der Waals surface area (Å²) in [6.45, 7) is 0. The zero-order chi connectivity index (χ0) is 22.7. The number of aromatic hydroxyl groups is 1. The van der Waals surface area contributed by atoms with E-state index >= 15 is 0 Å². The molecule has 0 amide bonds. The van der Waals surface area contributed by atoms with Gasteiger partial charge in [0.25, 0.3) is 5.82 Å². The van der Waals surface area contributed by atoms with Crippen molar-refractivity contribution in [2.45, 2.75) is 5.16 Å². The lowest BCUT2D eigenvalue weighted by atomic mass is 10.1. The minimum atomic E-state index is -0.522. The summed E-state index contributed by atoms with van der Waals surface area (Å²) in [7, 11) is 1.61. The van der Waals surface area contributed by atoms with Gasteiger partial charge in [-0.25, -0.2) is 0 Å². The van der Waals surface area contributed by atoms with Gasteiger partial charge in [0.2, 0.25) is 0 Å². The highest BCUT2D eigenvalue weighted by atomic mass is 35.5. The van der Waals surface area contributed by atoms with Gasteiger partial charge >= 0.3 is 5.16 Å². The van der Waals surface area contributed by atoms with Crippen molar-refractivity contribution in [3.8, 4) is 34.3 Å². The van der Waals surface area contributed by atoms with Gasteiger partial charge < -0.3 is 14.9 Å². The highest BCUT2D eigenvalue weighted by molar-refractivity contribution is 7.99. The van der Waals surface area contributed by atoms with Crippen LogP contribution < -0.4 is 14.4 Å². The van der Waals surface area contributed by atoms with Crippen LogP contribution in [0, 0.1) is 0 Å². The second kappa shape index (κ2) is 9.33. The number of benzene rings is 3. The number of H-pyrrole nitrogens is 1. The van der Waals surface area contributed by atoms with Crippen molar-refractivity contribution in [1.29, 1.82) is 0 Å². The third-order valence-corrected chi connectivity index (χ3v) is 5.92. The standard InChI is InChI=1S/C23H18ClN3O4S/c1-31-18-9-2-14(3-10-18)22-25-26-23(27(22)17-7-5-16(24)6-8-17)32-13-21(30)15-4-11-19(28)20(29)12-15/h2-12H,13H2,1H3,(H2,28,29,30). The summed E-state index contributed by atoms with van der Waals surface area (Å²) in [5.74, 6) is 0.321. The highest BCUT2D eigenvalue weighted by Gasteiger charge is 2.25. The Morgan fingerprint density at radius 3 is 2.53 bits per heavy atom. The van der Waals surface area contributed by atoms with Crippen molar-refractivity contribution in [1.82, 2.24) is 10.2 Å². The molecular formula is C23H18ClN3O4S. The number of methoxy groups -OCH3 is 1. The van der Waals surface area contributed by atoms with Crippen molar-refractivity contribution in [3.05, 3.63) is 77.3 Å². The fraction of sp³-hybridized carbons (Fsp3) is 0.0870. The Hall–Kier alpha value is -3.49. The molecule has 0 unspecified atom stereocenters. The number of rotatable bonds is 7. The van der Waals surface area contributed by atoms with Crippen LogP contribution in [0.1, 0.15) is 10.4 Å². The first kappa shape index (κ1) is 21.7. The van der Waals surface area contributed by atoms with Crippen LogP contribution in [0.3, 0.4) is 0 Å².